The fourth-order valence-corrected chi connectivity index (χ4v) is 3.21. The molecule has 172 valence electrons. The molecule has 0 spiro atoms. The predicted molar refractivity (Wildman–Crippen MR) is 125 cm³/mol. The Morgan fingerprint density at radius 3 is 1.00 bits per heavy atom. The van der Waals surface area contributed by atoms with E-state index >= 15 is 0 Å². The van der Waals surface area contributed by atoms with Gasteiger partial charge in [0.05, 0.1) is 0 Å². The number of carbonyl (C=O) groups is 2. The third-order valence-electron chi connectivity index (χ3n) is 5.01. The molecule has 0 aromatic heterocycles. The average molecular weight is 488 g/mol. The Labute approximate surface area is 194 Å². The van der Waals surface area contributed by atoms with Crippen LogP contribution in [-0.2, 0) is 0 Å². The Balaban J connectivity index is -0.000000180. The second-order valence-electron chi connectivity index (χ2n) is 7.04. The van der Waals surface area contributed by atoms with Crippen LogP contribution >= 0.6 is 49.6 Å². The number of rotatable bonds is 2. The van der Waals surface area contributed by atoms with Gasteiger partial charge in [0.15, 0.2) is 0 Å². The van der Waals surface area contributed by atoms with Crippen LogP contribution in [0.25, 0.3) is 0 Å². The number of hydrogen-bond donors (Lipinski definition) is 2. The molecule has 0 aromatic rings. The summed E-state index contributed by atoms with van der Waals surface area (Å²) in [6, 6.07) is 0.653. The summed E-state index contributed by atoms with van der Waals surface area (Å²) in [6.45, 7) is 3.22. The van der Waals surface area contributed by atoms with Gasteiger partial charge in [0.1, 0.15) is 0 Å². The van der Waals surface area contributed by atoms with Gasteiger partial charge in [-0.25, -0.2) is 9.59 Å². The van der Waals surface area contributed by atoms with Crippen LogP contribution in [0.1, 0.15) is 25.7 Å². The zero-order valence-corrected chi connectivity index (χ0v) is 20.5. The summed E-state index contributed by atoms with van der Waals surface area (Å²) in [5.74, 6) is 0. The zero-order chi connectivity index (χ0) is 18.3. The molecule has 0 bridgehead atoms. The molecule has 0 unspecified atom stereocenters. The highest BCUT2D eigenvalue weighted by molar-refractivity contribution is 5.86. The standard InChI is InChI=1S/2C8H17N3O.4ClH/c2*1-10(2)7-3-5-11(6-4-7)8(9)12;;;;/h2*7H,3-6H2,1-2H3,(H2,9,12);4*1H. The van der Waals surface area contributed by atoms with E-state index in [4.69, 9.17) is 11.5 Å². The number of urea groups is 2. The van der Waals surface area contributed by atoms with Crippen molar-refractivity contribution in [2.45, 2.75) is 37.8 Å². The van der Waals surface area contributed by atoms with Gasteiger partial charge in [0, 0.05) is 38.3 Å². The molecular formula is C16H38Cl4N6O2. The summed E-state index contributed by atoms with van der Waals surface area (Å²) in [6.07, 6.45) is 4.15. The van der Waals surface area contributed by atoms with Crippen molar-refractivity contribution in [3.05, 3.63) is 0 Å². The number of nitrogens with zero attached hydrogens (tertiary/aromatic N) is 4. The smallest absolute Gasteiger partial charge is 0.314 e. The molecule has 12 heteroatoms. The SMILES string of the molecule is CN(C)C1CCN(C(N)=O)CC1.CN(C)C1CCN(C(N)=O)CC1.Cl.Cl.Cl.Cl. The minimum atomic E-state index is -0.285. The molecule has 2 fully saturated rings. The van der Waals surface area contributed by atoms with E-state index in [0.29, 0.717) is 12.1 Å². The van der Waals surface area contributed by atoms with Gasteiger partial charge in [-0.2, -0.15) is 0 Å². The number of hydrogen-bond acceptors (Lipinski definition) is 4. The zero-order valence-electron chi connectivity index (χ0n) is 17.2. The average Bonchev–Trinajstić information content (AvgIpc) is 2.55. The maximum atomic E-state index is 10.8. The van der Waals surface area contributed by atoms with E-state index in [1.807, 2.05) is 0 Å². The third kappa shape index (κ3) is 12.2. The van der Waals surface area contributed by atoms with Crippen molar-refractivity contribution in [2.75, 3.05) is 54.4 Å². The summed E-state index contributed by atoms with van der Waals surface area (Å²) in [5.41, 5.74) is 10.3. The lowest BCUT2D eigenvalue weighted by Crippen LogP contribution is -2.46. The van der Waals surface area contributed by atoms with E-state index < -0.39 is 0 Å². The van der Waals surface area contributed by atoms with E-state index in [-0.39, 0.29) is 61.7 Å². The van der Waals surface area contributed by atoms with Gasteiger partial charge in [0.2, 0.25) is 0 Å². The lowest BCUT2D eigenvalue weighted by molar-refractivity contribution is 0.153. The highest BCUT2D eigenvalue weighted by Crippen LogP contribution is 2.14. The first kappa shape index (κ1) is 35.1. The predicted octanol–water partition coefficient (Wildman–Crippen LogP) is 1.87. The second-order valence-corrected chi connectivity index (χ2v) is 7.04. The highest BCUT2D eigenvalue weighted by Gasteiger charge is 2.22. The lowest BCUT2D eigenvalue weighted by Gasteiger charge is -2.34. The fraction of sp³-hybridized carbons (Fsp3) is 0.875. The quantitative estimate of drug-likeness (QED) is 0.620. The van der Waals surface area contributed by atoms with Crippen molar-refractivity contribution in [3.8, 4) is 0 Å². The Morgan fingerprint density at radius 2 is 0.857 bits per heavy atom. The van der Waals surface area contributed by atoms with E-state index in [1.54, 1.807) is 9.80 Å². The molecule has 4 amide bonds. The number of primary amides is 2. The second kappa shape index (κ2) is 17.5. The van der Waals surface area contributed by atoms with Gasteiger partial charge in [-0.15, -0.1) is 49.6 Å². The number of piperidine rings is 2. The van der Waals surface area contributed by atoms with Gasteiger partial charge in [-0.05, 0) is 53.9 Å². The topological polar surface area (TPSA) is 99.1 Å². The molecule has 2 aliphatic heterocycles. The normalized spacial score (nSPS) is 17.2. The van der Waals surface area contributed by atoms with E-state index in [1.165, 1.54) is 0 Å². The molecule has 0 atom stereocenters. The molecule has 2 rings (SSSR count). The van der Waals surface area contributed by atoms with Gasteiger partial charge in [-0.1, -0.05) is 0 Å². The highest BCUT2D eigenvalue weighted by atomic mass is 35.5. The van der Waals surface area contributed by atoms with Gasteiger partial charge < -0.3 is 31.1 Å². The summed E-state index contributed by atoms with van der Waals surface area (Å²) in [5, 5.41) is 0. The molecule has 4 N–H and O–H groups in total. The lowest BCUT2D eigenvalue weighted by atomic mass is 10.0. The number of carbonyl (C=O) groups excluding carboxylic acids is 2. The van der Waals surface area contributed by atoms with Crippen LogP contribution < -0.4 is 11.5 Å². The minimum Gasteiger partial charge on any atom is -0.351 e. The summed E-state index contributed by atoms with van der Waals surface area (Å²) in [4.78, 5) is 29.4. The minimum absolute atomic E-state index is 0. The third-order valence-corrected chi connectivity index (χ3v) is 5.01. The van der Waals surface area contributed by atoms with Crippen LogP contribution in [-0.4, -0.2) is 98.1 Å². The van der Waals surface area contributed by atoms with Gasteiger partial charge >= 0.3 is 12.1 Å². The molecule has 28 heavy (non-hydrogen) atoms. The van der Waals surface area contributed by atoms with E-state index in [2.05, 4.69) is 38.0 Å². The molecule has 2 heterocycles. The van der Waals surface area contributed by atoms with Crippen LogP contribution in [0.4, 0.5) is 9.59 Å². The summed E-state index contributed by atoms with van der Waals surface area (Å²) in [7, 11) is 8.30. The molecular weight excluding hydrogens is 450 g/mol. The molecule has 2 aliphatic rings. The maximum absolute atomic E-state index is 10.8. The first-order chi connectivity index (χ1) is 11.2. The van der Waals surface area contributed by atoms with Crippen molar-refractivity contribution < 1.29 is 9.59 Å². The largest absolute Gasteiger partial charge is 0.351 e. The first-order valence-electron chi connectivity index (χ1n) is 8.64. The molecule has 0 aromatic carbocycles. The van der Waals surface area contributed by atoms with Gasteiger partial charge in [0.25, 0.3) is 0 Å². The monoisotopic (exact) mass is 486 g/mol. The van der Waals surface area contributed by atoms with Crippen molar-refractivity contribution in [1.82, 2.24) is 19.6 Å². The van der Waals surface area contributed by atoms with Crippen LogP contribution in [0.15, 0.2) is 0 Å². The van der Waals surface area contributed by atoms with E-state index in [9.17, 15) is 9.59 Å². The molecule has 0 saturated carbocycles. The fourth-order valence-electron chi connectivity index (χ4n) is 3.21. The Morgan fingerprint density at radius 1 is 0.643 bits per heavy atom. The van der Waals surface area contributed by atoms with Crippen molar-refractivity contribution >= 4 is 61.7 Å². The first-order valence-corrected chi connectivity index (χ1v) is 8.64. The number of likely N-dealkylation sites (tertiary alicyclic amines) is 2. The molecule has 2 saturated heterocycles. The number of amides is 4. The van der Waals surface area contributed by atoms with Crippen molar-refractivity contribution in [3.63, 3.8) is 0 Å². The van der Waals surface area contributed by atoms with Gasteiger partial charge in [-0.3, -0.25) is 0 Å². The Hall–Kier alpha value is -0.380. The van der Waals surface area contributed by atoms with Crippen LogP contribution in [0.2, 0.25) is 0 Å². The maximum Gasteiger partial charge on any atom is 0.314 e. The number of nitrogens with two attached hydrogens (primary N) is 2. The van der Waals surface area contributed by atoms with Crippen molar-refractivity contribution in [2.24, 2.45) is 11.5 Å². The Bertz CT molecular complexity index is 378. The van der Waals surface area contributed by atoms with Crippen molar-refractivity contribution in [1.29, 1.82) is 0 Å². The number of halogens is 4. The Kier molecular flexibility index (Phi) is 21.9. The summed E-state index contributed by atoms with van der Waals surface area (Å²) >= 11 is 0. The van der Waals surface area contributed by atoms with Crippen LogP contribution in [0.3, 0.4) is 0 Å². The van der Waals surface area contributed by atoms with Crippen LogP contribution in [0.5, 0.6) is 0 Å². The summed E-state index contributed by atoms with van der Waals surface area (Å²) < 4.78 is 0. The van der Waals surface area contributed by atoms with Crippen LogP contribution in [0, 0.1) is 0 Å². The molecule has 0 aliphatic carbocycles. The van der Waals surface area contributed by atoms with E-state index in [0.717, 1.165) is 51.9 Å². The molecule has 0 radical (unpaired) electrons. The molecule has 8 nitrogen and oxygen atoms in total.